The molecule has 24 heavy (non-hydrogen) atoms. The summed E-state index contributed by atoms with van der Waals surface area (Å²) in [5.41, 5.74) is 1.80. The van der Waals surface area contributed by atoms with Gasteiger partial charge in [0.15, 0.2) is 0 Å². The molecule has 0 aliphatic rings. The molecule has 0 spiro atoms. The van der Waals surface area contributed by atoms with Crippen molar-refractivity contribution in [3.63, 3.8) is 0 Å². The summed E-state index contributed by atoms with van der Waals surface area (Å²) < 4.78 is 12.5. The van der Waals surface area contributed by atoms with Crippen molar-refractivity contribution in [3.05, 3.63) is 77.9 Å². The number of aliphatic hydroxyl groups excluding tert-OH is 1. The first kappa shape index (κ1) is 16.1. The van der Waals surface area contributed by atoms with Gasteiger partial charge in [-0.1, -0.05) is 30.3 Å². The van der Waals surface area contributed by atoms with Crippen LogP contribution in [0, 0.1) is 0 Å². The lowest BCUT2D eigenvalue weighted by Crippen LogP contribution is -2.11. The molecule has 5 heteroatoms. The van der Waals surface area contributed by atoms with Crippen molar-refractivity contribution in [2.75, 3.05) is 14.2 Å². The van der Waals surface area contributed by atoms with E-state index in [1.807, 2.05) is 41.1 Å². The number of rotatable bonds is 6. The molecule has 5 nitrogen and oxygen atoms in total. The van der Waals surface area contributed by atoms with Gasteiger partial charge in [0.2, 0.25) is 0 Å². The predicted molar refractivity (Wildman–Crippen MR) is 91.4 cm³/mol. The summed E-state index contributed by atoms with van der Waals surface area (Å²) in [6, 6.07) is 15.4. The molecule has 0 saturated heterocycles. The Morgan fingerprint density at radius 1 is 1.08 bits per heavy atom. The summed E-state index contributed by atoms with van der Waals surface area (Å²) in [6.07, 6.45) is 2.67. The first-order valence-electron chi connectivity index (χ1n) is 7.68. The molecule has 0 bridgehead atoms. The molecule has 3 rings (SSSR count). The van der Waals surface area contributed by atoms with Gasteiger partial charge in [-0.05, 0) is 17.7 Å². The van der Waals surface area contributed by atoms with Crippen molar-refractivity contribution >= 4 is 0 Å². The maximum Gasteiger partial charge on any atom is 0.142 e. The number of ether oxygens (including phenoxy) is 2. The number of aliphatic hydroxyl groups is 1. The smallest absolute Gasteiger partial charge is 0.142 e. The van der Waals surface area contributed by atoms with E-state index >= 15 is 0 Å². The number of aromatic nitrogens is 2. The third-order valence-corrected chi connectivity index (χ3v) is 3.92. The van der Waals surface area contributed by atoms with Crippen molar-refractivity contribution in [1.82, 2.24) is 9.55 Å². The average Bonchev–Trinajstić information content (AvgIpc) is 3.09. The van der Waals surface area contributed by atoms with E-state index in [1.54, 1.807) is 38.6 Å². The van der Waals surface area contributed by atoms with Crippen LogP contribution in [-0.4, -0.2) is 28.9 Å². The molecular weight excluding hydrogens is 304 g/mol. The molecule has 1 atom stereocenters. The van der Waals surface area contributed by atoms with Gasteiger partial charge < -0.3 is 19.1 Å². The standard InChI is InChI=1S/C19H20N2O3/c1-23-15-8-9-16(17(12-15)24-2)18(22)19-20-10-11-21(19)13-14-6-4-3-5-7-14/h3-12,18,22H,13H2,1-2H3. The van der Waals surface area contributed by atoms with Gasteiger partial charge in [0.1, 0.15) is 23.4 Å². The molecule has 0 amide bonds. The van der Waals surface area contributed by atoms with Crippen molar-refractivity contribution in [1.29, 1.82) is 0 Å². The quantitative estimate of drug-likeness (QED) is 0.757. The van der Waals surface area contributed by atoms with Crippen molar-refractivity contribution in [2.45, 2.75) is 12.6 Å². The Morgan fingerprint density at radius 3 is 2.58 bits per heavy atom. The summed E-state index contributed by atoms with van der Waals surface area (Å²) in [7, 11) is 3.17. The third kappa shape index (κ3) is 3.26. The molecule has 0 aliphatic carbocycles. The van der Waals surface area contributed by atoms with Crippen LogP contribution in [0.4, 0.5) is 0 Å². The zero-order chi connectivity index (χ0) is 16.9. The first-order valence-corrected chi connectivity index (χ1v) is 7.68. The molecule has 0 aliphatic heterocycles. The molecule has 0 saturated carbocycles. The zero-order valence-electron chi connectivity index (χ0n) is 13.7. The highest BCUT2D eigenvalue weighted by molar-refractivity contribution is 5.43. The Balaban J connectivity index is 1.91. The Morgan fingerprint density at radius 2 is 1.88 bits per heavy atom. The molecule has 0 radical (unpaired) electrons. The fourth-order valence-electron chi connectivity index (χ4n) is 2.67. The van der Waals surface area contributed by atoms with Crippen LogP contribution in [0.5, 0.6) is 11.5 Å². The van der Waals surface area contributed by atoms with E-state index in [1.165, 1.54) is 0 Å². The fraction of sp³-hybridized carbons (Fsp3) is 0.211. The van der Waals surface area contributed by atoms with E-state index in [9.17, 15) is 5.11 Å². The minimum absolute atomic E-state index is 0.566. The van der Waals surface area contributed by atoms with Crippen molar-refractivity contribution < 1.29 is 14.6 Å². The lowest BCUT2D eigenvalue weighted by Gasteiger charge is -2.17. The fourth-order valence-corrected chi connectivity index (χ4v) is 2.67. The summed E-state index contributed by atoms with van der Waals surface area (Å²) in [6.45, 7) is 0.645. The van der Waals surface area contributed by atoms with Crippen LogP contribution in [0.2, 0.25) is 0 Å². The van der Waals surface area contributed by atoms with Gasteiger partial charge in [0.25, 0.3) is 0 Å². The van der Waals surface area contributed by atoms with Crippen LogP contribution in [0.25, 0.3) is 0 Å². The molecule has 1 unspecified atom stereocenters. The normalized spacial score (nSPS) is 12.0. The number of nitrogens with zero attached hydrogens (tertiary/aromatic N) is 2. The number of imidazole rings is 1. The van der Waals surface area contributed by atoms with Crippen LogP contribution in [0.15, 0.2) is 60.9 Å². The highest BCUT2D eigenvalue weighted by Gasteiger charge is 2.20. The summed E-state index contributed by atoms with van der Waals surface area (Å²) in [5, 5.41) is 10.8. The first-order chi connectivity index (χ1) is 11.7. The second kappa shape index (κ2) is 7.19. The van der Waals surface area contributed by atoms with Crippen LogP contribution < -0.4 is 9.47 Å². The lowest BCUT2D eigenvalue weighted by atomic mass is 10.1. The highest BCUT2D eigenvalue weighted by atomic mass is 16.5. The van der Waals surface area contributed by atoms with Crippen molar-refractivity contribution in [3.8, 4) is 11.5 Å². The van der Waals surface area contributed by atoms with Crippen molar-refractivity contribution in [2.24, 2.45) is 0 Å². The van der Waals surface area contributed by atoms with E-state index in [4.69, 9.17) is 9.47 Å². The second-order valence-electron chi connectivity index (χ2n) is 5.41. The van der Waals surface area contributed by atoms with E-state index < -0.39 is 6.10 Å². The topological polar surface area (TPSA) is 56.5 Å². The maximum absolute atomic E-state index is 10.8. The SMILES string of the molecule is COc1ccc(C(O)c2nccn2Cc2ccccc2)c(OC)c1. The van der Waals surface area contributed by atoms with Gasteiger partial charge in [-0.15, -0.1) is 0 Å². The predicted octanol–water partition coefficient (Wildman–Crippen LogP) is 3.03. The molecule has 1 heterocycles. The van der Waals surface area contributed by atoms with Gasteiger partial charge in [0.05, 0.1) is 14.2 Å². The van der Waals surface area contributed by atoms with E-state index in [0.717, 1.165) is 5.56 Å². The molecular formula is C19H20N2O3. The van der Waals surface area contributed by atoms with E-state index in [-0.39, 0.29) is 0 Å². The Kier molecular flexibility index (Phi) is 4.82. The van der Waals surface area contributed by atoms with Gasteiger partial charge in [-0.2, -0.15) is 0 Å². The minimum atomic E-state index is -0.885. The third-order valence-electron chi connectivity index (χ3n) is 3.92. The van der Waals surface area contributed by atoms with Crippen LogP contribution in [0.3, 0.4) is 0 Å². The average molecular weight is 324 g/mol. The largest absolute Gasteiger partial charge is 0.497 e. The molecule has 3 aromatic rings. The minimum Gasteiger partial charge on any atom is -0.497 e. The number of benzene rings is 2. The Labute approximate surface area is 141 Å². The number of hydrogen-bond acceptors (Lipinski definition) is 4. The summed E-state index contributed by atoms with van der Waals surface area (Å²) >= 11 is 0. The van der Waals surface area contributed by atoms with Gasteiger partial charge >= 0.3 is 0 Å². The van der Waals surface area contributed by atoms with Gasteiger partial charge in [-0.3, -0.25) is 0 Å². The Bertz CT molecular complexity index is 799. The highest BCUT2D eigenvalue weighted by Crippen LogP contribution is 2.32. The van der Waals surface area contributed by atoms with Crippen LogP contribution >= 0.6 is 0 Å². The van der Waals surface area contributed by atoms with Gasteiger partial charge in [-0.25, -0.2) is 4.98 Å². The molecule has 1 N–H and O–H groups in total. The van der Waals surface area contributed by atoms with E-state index in [0.29, 0.717) is 29.4 Å². The number of hydrogen-bond donors (Lipinski definition) is 1. The maximum atomic E-state index is 10.8. The Hall–Kier alpha value is -2.79. The molecule has 0 fully saturated rings. The molecule has 124 valence electrons. The molecule has 2 aromatic carbocycles. The van der Waals surface area contributed by atoms with Gasteiger partial charge in [0, 0.05) is 30.6 Å². The lowest BCUT2D eigenvalue weighted by molar-refractivity contribution is 0.200. The monoisotopic (exact) mass is 324 g/mol. The zero-order valence-corrected chi connectivity index (χ0v) is 13.7. The van der Waals surface area contributed by atoms with Crippen LogP contribution in [0.1, 0.15) is 23.1 Å². The van der Waals surface area contributed by atoms with E-state index in [2.05, 4.69) is 4.98 Å². The number of methoxy groups -OCH3 is 2. The summed E-state index contributed by atoms with van der Waals surface area (Å²) in [5.74, 6) is 1.81. The summed E-state index contributed by atoms with van der Waals surface area (Å²) in [4.78, 5) is 4.33. The second-order valence-corrected chi connectivity index (χ2v) is 5.41. The van der Waals surface area contributed by atoms with Crippen LogP contribution in [-0.2, 0) is 6.54 Å². The molecule has 1 aromatic heterocycles.